The lowest BCUT2D eigenvalue weighted by molar-refractivity contribution is 0.394. The van der Waals surface area contributed by atoms with E-state index >= 15 is 0 Å². The van der Waals surface area contributed by atoms with Crippen LogP contribution in [0.25, 0.3) is 33.1 Å². The molecule has 2 aromatic carbocycles. The van der Waals surface area contributed by atoms with Gasteiger partial charge in [-0.25, -0.2) is 9.78 Å². The van der Waals surface area contributed by atoms with Crippen molar-refractivity contribution in [1.82, 2.24) is 19.1 Å². The van der Waals surface area contributed by atoms with E-state index < -0.39 is 0 Å². The van der Waals surface area contributed by atoms with Gasteiger partial charge in [-0.3, -0.25) is 14.1 Å². The van der Waals surface area contributed by atoms with Crippen LogP contribution < -0.4 is 15.2 Å². The first-order valence-corrected chi connectivity index (χ1v) is 10.6. The molecular weight excluding hydrogens is 416 g/mol. The summed E-state index contributed by atoms with van der Waals surface area (Å²) in [5.74, 6) is 1.40. The Morgan fingerprint density at radius 2 is 1.70 bits per heavy atom. The van der Waals surface area contributed by atoms with Gasteiger partial charge in [0.1, 0.15) is 5.75 Å². The van der Waals surface area contributed by atoms with Crippen molar-refractivity contribution >= 4 is 21.9 Å². The molecule has 3 aromatic heterocycles. The Labute approximate surface area is 190 Å². The number of benzene rings is 2. The number of aryl methyl sites for hydroxylation is 2. The van der Waals surface area contributed by atoms with Gasteiger partial charge in [-0.05, 0) is 48.4 Å². The normalized spacial score (nSPS) is 11.3. The van der Waals surface area contributed by atoms with E-state index in [1.807, 2.05) is 43.3 Å². The second-order valence-corrected chi connectivity index (χ2v) is 8.05. The molecule has 0 aliphatic heterocycles. The van der Waals surface area contributed by atoms with E-state index in [1.165, 1.54) is 0 Å². The van der Waals surface area contributed by atoms with E-state index in [0.29, 0.717) is 12.4 Å². The molecule has 0 saturated heterocycles. The van der Waals surface area contributed by atoms with Gasteiger partial charge in [0.25, 0.3) is 0 Å². The first-order chi connectivity index (χ1) is 16.0. The summed E-state index contributed by atoms with van der Waals surface area (Å²) in [5.41, 5.74) is 6.37. The van der Waals surface area contributed by atoms with Crippen molar-refractivity contribution in [2.45, 2.75) is 13.5 Å². The summed E-state index contributed by atoms with van der Waals surface area (Å²) in [6.07, 6.45) is 3.58. The summed E-state index contributed by atoms with van der Waals surface area (Å²) in [6, 6.07) is 15.9. The van der Waals surface area contributed by atoms with E-state index in [2.05, 4.69) is 22.1 Å². The van der Waals surface area contributed by atoms with E-state index in [9.17, 15) is 4.79 Å². The molecule has 5 rings (SSSR count). The molecule has 0 spiro atoms. The third kappa shape index (κ3) is 3.51. The summed E-state index contributed by atoms with van der Waals surface area (Å²) < 4.78 is 14.0. The minimum absolute atomic E-state index is 0.0810. The van der Waals surface area contributed by atoms with Crippen LogP contribution in [-0.4, -0.2) is 33.3 Å². The van der Waals surface area contributed by atoms with Gasteiger partial charge in [-0.15, -0.1) is 0 Å². The molecule has 7 nitrogen and oxygen atoms in total. The lowest BCUT2D eigenvalue weighted by Gasteiger charge is -2.09. The molecule has 0 unspecified atom stereocenters. The van der Waals surface area contributed by atoms with Crippen LogP contribution in [0.15, 0.2) is 65.7 Å². The molecule has 0 radical (unpaired) electrons. The highest BCUT2D eigenvalue weighted by Gasteiger charge is 2.16. The molecule has 7 heteroatoms. The Bertz CT molecular complexity index is 1550. The maximum Gasteiger partial charge on any atom is 0.329 e. The van der Waals surface area contributed by atoms with Gasteiger partial charge in [0.15, 0.2) is 0 Å². The number of hydrogen-bond acceptors (Lipinski definition) is 5. The number of imidazole rings is 1. The standard InChI is InChI=1S/C26H24N4O3/c1-16-11-19(13-28-25(16)33-4)18-7-10-22-21(12-18)24-23(14-27-22)30(26(31)29(24)2)15-17-5-8-20(32-3)9-6-17/h5-14H,15H2,1-4H3. The summed E-state index contributed by atoms with van der Waals surface area (Å²) >= 11 is 0. The Morgan fingerprint density at radius 1 is 0.909 bits per heavy atom. The topological polar surface area (TPSA) is 71.2 Å². The van der Waals surface area contributed by atoms with E-state index in [4.69, 9.17) is 9.47 Å². The van der Waals surface area contributed by atoms with Gasteiger partial charge in [0, 0.05) is 29.8 Å². The number of aromatic nitrogens is 4. The van der Waals surface area contributed by atoms with Crippen LogP contribution in [0.1, 0.15) is 11.1 Å². The molecule has 0 atom stereocenters. The van der Waals surface area contributed by atoms with Crippen molar-refractivity contribution in [3.63, 3.8) is 0 Å². The van der Waals surface area contributed by atoms with E-state index in [0.717, 1.165) is 49.9 Å². The molecule has 0 aliphatic rings. The summed E-state index contributed by atoms with van der Waals surface area (Å²) in [7, 11) is 5.06. The smallest absolute Gasteiger partial charge is 0.329 e. The highest BCUT2D eigenvalue weighted by Crippen LogP contribution is 2.30. The van der Waals surface area contributed by atoms with Crippen LogP contribution in [0.5, 0.6) is 11.6 Å². The van der Waals surface area contributed by atoms with Crippen molar-refractivity contribution in [2.75, 3.05) is 14.2 Å². The van der Waals surface area contributed by atoms with Gasteiger partial charge in [-0.1, -0.05) is 18.2 Å². The van der Waals surface area contributed by atoms with Crippen molar-refractivity contribution in [2.24, 2.45) is 7.05 Å². The lowest BCUT2D eigenvalue weighted by Crippen LogP contribution is -2.22. The van der Waals surface area contributed by atoms with Crippen LogP contribution in [-0.2, 0) is 13.6 Å². The molecule has 0 amide bonds. The lowest BCUT2D eigenvalue weighted by atomic mass is 10.0. The second kappa shape index (κ2) is 8.09. The van der Waals surface area contributed by atoms with Gasteiger partial charge < -0.3 is 9.47 Å². The minimum Gasteiger partial charge on any atom is -0.497 e. The molecule has 0 N–H and O–H groups in total. The molecule has 0 saturated carbocycles. The van der Waals surface area contributed by atoms with Gasteiger partial charge in [-0.2, -0.15) is 0 Å². The van der Waals surface area contributed by atoms with Crippen LogP contribution in [0.2, 0.25) is 0 Å². The SMILES string of the molecule is COc1ccc(Cn2c(=O)n(C)c3c4cc(-c5cnc(OC)c(C)c5)ccc4ncc32)cc1. The molecule has 0 aliphatic carbocycles. The number of nitrogens with zero attached hydrogens (tertiary/aromatic N) is 4. The fourth-order valence-electron chi connectivity index (χ4n) is 4.28. The summed E-state index contributed by atoms with van der Waals surface area (Å²) in [4.78, 5) is 22.2. The fourth-order valence-corrected chi connectivity index (χ4v) is 4.28. The quantitative estimate of drug-likeness (QED) is 0.407. The van der Waals surface area contributed by atoms with Gasteiger partial charge in [0.2, 0.25) is 5.88 Å². The van der Waals surface area contributed by atoms with Crippen LogP contribution in [0, 0.1) is 6.92 Å². The van der Waals surface area contributed by atoms with Gasteiger partial charge >= 0.3 is 5.69 Å². The fraction of sp³-hybridized carbons (Fsp3) is 0.192. The van der Waals surface area contributed by atoms with Gasteiger partial charge in [0.05, 0.1) is 43.5 Å². The molecule has 33 heavy (non-hydrogen) atoms. The summed E-state index contributed by atoms with van der Waals surface area (Å²) in [5, 5.41) is 0.923. The molecular formula is C26H24N4O3. The molecule has 0 bridgehead atoms. The Balaban J connectivity index is 1.65. The number of methoxy groups -OCH3 is 2. The van der Waals surface area contributed by atoms with Crippen LogP contribution in [0.3, 0.4) is 0 Å². The number of fused-ring (bicyclic) bond motifs is 3. The van der Waals surface area contributed by atoms with E-state index in [1.54, 1.807) is 42.8 Å². The third-order valence-corrected chi connectivity index (χ3v) is 6.02. The first kappa shape index (κ1) is 20.8. The maximum atomic E-state index is 13.2. The molecule has 0 fully saturated rings. The zero-order valence-electron chi connectivity index (χ0n) is 19.0. The zero-order valence-corrected chi connectivity index (χ0v) is 19.0. The number of pyridine rings is 2. The average molecular weight is 441 g/mol. The maximum absolute atomic E-state index is 13.2. The van der Waals surface area contributed by atoms with E-state index in [-0.39, 0.29) is 5.69 Å². The second-order valence-electron chi connectivity index (χ2n) is 8.05. The minimum atomic E-state index is -0.0810. The third-order valence-electron chi connectivity index (χ3n) is 6.02. The molecule has 5 aromatic rings. The van der Waals surface area contributed by atoms with Crippen molar-refractivity contribution in [3.8, 4) is 22.8 Å². The Kier molecular flexibility index (Phi) is 5.09. The zero-order chi connectivity index (χ0) is 23.1. The number of rotatable bonds is 5. The predicted octanol–water partition coefficient (Wildman–Crippen LogP) is 4.32. The van der Waals surface area contributed by atoms with Crippen molar-refractivity contribution in [1.29, 1.82) is 0 Å². The van der Waals surface area contributed by atoms with Crippen LogP contribution >= 0.6 is 0 Å². The van der Waals surface area contributed by atoms with Crippen molar-refractivity contribution < 1.29 is 9.47 Å². The Morgan fingerprint density at radius 3 is 2.39 bits per heavy atom. The highest BCUT2D eigenvalue weighted by molar-refractivity contribution is 6.04. The molecule has 166 valence electrons. The Hall–Kier alpha value is -4.13. The number of ether oxygens (including phenoxy) is 2. The van der Waals surface area contributed by atoms with Crippen molar-refractivity contribution in [3.05, 3.63) is 82.5 Å². The largest absolute Gasteiger partial charge is 0.497 e. The first-order valence-electron chi connectivity index (χ1n) is 10.6. The number of hydrogen-bond donors (Lipinski definition) is 0. The summed E-state index contributed by atoms with van der Waals surface area (Å²) in [6.45, 7) is 2.42. The van der Waals surface area contributed by atoms with Crippen LogP contribution in [0.4, 0.5) is 0 Å². The highest BCUT2D eigenvalue weighted by atomic mass is 16.5. The monoisotopic (exact) mass is 440 g/mol. The average Bonchev–Trinajstić information content (AvgIpc) is 3.09. The predicted molar refractivity (Wildman–Crippen MR) is 129 cm³/mol. The molecule has 3 heterocycles.